The van der Waals surface area contributed by atoms with Crippen LogP contribution in [0.4, 0.5) is 0 Å². The van der Waals surface area contributed by atoms with Crippen LogP contribution in [0.15, 0.2) is 10.1 Å². The fourth-order valence-electron chi connectivity index (χ4n) is 4.36. The van der Waals surface area contributed by atoms with Crippen LogP contribution in [-0.2, 0) is 4.79 Å². The number of amides is 1. The highest BCUT2D eigenvalue weighted by Crippen LogP contribution is 2.74. The number of unbranched alkanes of at least 4 members (excludes halogenated alkanes) is 5. The predicted octanol–water partition coefficient (Wildman–Crippen LogP) is 7.83. The van der Waals surface area contributed by atoms with Crippen LogP contribution < -0.4 is 0 Å². The van der Waals surface area contributed by atoms with E-state index in [1.165, 1.54) is 0 Å². The third-order valence-corrected chi connectivity index (χ3v) is 10.4. The molecule has 0 aliphatic heterocycles. The highest BCUT2D eigenvalue weighted by atomic mass is 35.5. The molecule has 0 radical (unpaired) electrons. The Balaban J connectivity index is 1.66. The zero-order valence-electron chi connectivity index (χ0n) is 16.5. The molecule has 0 aromatic rings. The molecule has 0 aromatic heterocycles. The van der Waals surface area contributed by atoms with Crippen LogP contribution in [0.25, 0.3) is 0 Å². The van der Waals surface area contributed by atoms with Crippen molar-refractivity contribution in [1.29, 1.82) is 0 Å². The van der Waals surface area contributed by atoms with Gasteiger partial charge in [0, 0.05) is 20.0 Å². The maximum Gasteiger partial charge on any atom is 0.222 e. The van der Waals surface area contributed by atoms with Gasteiger partial charge in [0.05, 0.1) is 10.1 Å². The van der Waals surface area contributed by atoms with Crippen molar-refractivity contribution in [2.24, 2.45) is 5.92 Å². The van der Waals surface area contributed by atoms with Gasteiger partial charge in [-0.1, -0.05) is 85.4 Å². The quantitative estimate of drug-likeness (QED) is 0.204. The summed E-state index contributed by atoms with van der Waals surface area (Å²) in [5.41, 5.74) is 0. The molecule has 2 nitrogen and oxygen atoms in total. The maximum atomic E-state index is 11.9. The minimum atomic E-state index is -1.40. The summed E-state index contributed by atoms with van der Waals surface area (Å²) < 4.78 is -1.40. The molecule has 1 saturated carbocycles. The molecule has 162 valence electrons. The van der Waals surface area contributed by atoms with Gasteiger partial charge in [-0.2, -0.15) is 0 Å². The summed E-state index contributed by atoms with van der Waals surface area (Å²) in [6, 6.07) is 0. The molecule has 1 fully saturated rings. The summed E-state index contributed by atoms with van der Waals surface area (Å²) >= 11 is 39.1. The van der Waals surface area contributed by atoms with Crippen molar-refractivity contribution in [3.05, 3.63) is 10.1 Å². The molecular weight excluding hydrogens is 483 g/mol. The van der Waals surface area contributed by atoms with E-state index in [-0.39, 0.29) is 16.9 Å². The second-order valence-corrected chi connectivity index (χ2v) is 11.4. The van der Waals surface area contributed by atoms with Crippen molar-refractivity contribution in [2.75, 3.05) is 13.6 Å². The lowest BCUT2D eigenvalue weighted by atomic mass is 9.87. The van der Waals surface area contributed by atoms with E-state index >= 15 is 0 Å². The number of carbonyl (C=O) groups is 1. The summed E-state index contributed by atoms with van der Waals surface area (Å²) in [7, 11) is 1.88. The van der Waals surface area contributed by atoms with Gasteiger partial charge in [-0.05, 0) is 31.6 Å². The molecule has 2 bridgehead atoms. The van der Waals surface area contributed by atoms with Crippen LogP contribution in [0, 0.1) is 5.92 Å². The maximum absolute atomic E-state index is 11.9. The first kappa shape index (κ1) is 25.2. The minimum absolute atomic E-state index is 0.00314. The van der Waals surface area contributed by atoms with E-state index in [1.54, 1.807) is 0 Å². The number of halogens is 6. The lowest BCUT2D eigenvalue weighted by molar-refractivity contribution is -0.130. The molecule has 8 heteroatoms. The molecule has 0 aromatic carbocycles. The largest absolute Gasteiger partial charge is 0.346 e. The average molecular weight is 512 g/mol. The van der Waals surface area contributed by atoms with Gasteiger partial charge in [0.25, 0.3) is 0 Å². The zero-order chi connectivity index (χ0) is 21.2. The van der Waals surface area contributed by atoms with Crippen molar-refractivity contribution in [3.8, 4) is 0 Å². The molecule has 28 heavy (non-hydrogen) atoms. The average Bonchev–Trinajstić information content (AvgIpc) is 2.86. The number of hydrogen-bond acceptors (Lipinski definition) is 1. The number of alkyl halides is 4. The van der Waals surface area contributed by atoms with E-state index in [0.717, 1.165) is 57.9 Å². The van der Waals surface area contributed by atoms with Crippen LogP contribution in [0.3, 0.4) is 0 Å². The van der Waals surface area contributed by atoms with Crippen molar-refractivity contribution in [1.82, 2.24) is 4.90 Å². The van der Waals surface area contributed by atoms with Gasteiger partial charge in [-0.15, -0.1) is 23.2 Å². The van der Waals surface area contributed by atoms with Gasteiger partial charge in [0.15, 0.2) is 4.33 Å². The minimum Gasteiger partial charge on any atom is -0.346 e. The van der Waals surface area contributed by atoms with Crippen molar-refractivity contribution in [2.45, 2.75) is 85.2 Å². The molecule has 0 spiro atoms. The fraction of sp³-hybridized carbons (Fsp3) is 0.850. The van der Waals surface area contributed by atoms with Gasteiger partial charge in [-0.3, -0.25) is 4.79 Å². The van der Waals surface area contributed by atoms with Gasteiger partial charge in [-0.25, -0.2) is 0 Å². The number of rotatable bonds is 11. The molecule has 0 saturated heterocycles. The number of fused-ring (bicyclic) bond motifs is 2. The summed E-state index contributed by atoms with van der Waals surface area (Å²) in [4.78, 5) is 11.5. The fourth-order valence-corrected chi connectivity index (χ4v) is 7.23. The smallest absolute Gasteiger partial charge is 0.222 e. The molecular formula is C20H29Cl6NO. The topological polar surface area (TPSA) is 20.3 Å². The van der Waals surface area contributed by atoms with E-state index in [2.05, 4.69) is 6.92 Å². The van der Waals surface area contributed by atoms with Gasteiger partial charge in [0.2, 0.25) is 5.91 Å². The van der Waals surface area contributed by atoms with E-state index < -0.39 is 14.1 Å². The van der Waals surface area contributed by atoms with Crippen molar-refractivity contribution < 1.29 is 4.79 Å². The van der Waals surface area contributed by atoms with Crippen LogP contribution in [-0.4, -0.2) is 38.5 Å². The summed E-state index contributed by atoms with van der Waals surface area (Å²) in [6.07, 6.45) is 9.43. The standard InChI is InChI=1S/C20H29Cl6NO/c1-3-12-27(2)15(28)11-9-7-5-4-6-8-10-14-13-18(23)16(21)17(22)19(14,24)20(18,25)26/h14H,3-13H2,1-2H3/t14-,18+,19-/m0/s1. The van der Waals surface area contributed by atoms with Crippen LogP contribution in [0.1, 0.15) is 71.1 Å². The van der Waals surface area contributed by atoms with E-state index in [9.17, 15) is 4.79 Å². The Morgan fingerprint density at radius 1 is 1.00 bits per heavy atom. The Bertz CT molecular complexity index is 610. The zero-order valence-corrected chi connectivity index (χ0v) is 21.0. The van der Waals surface area contributed by atoms with Crippen LogP contribution in [0.2, 0.25) is 0 Å². The molecule has 0 N–H and O–H groups in total. The first-order valence-corrected chi connectivity index (χ1v) is 12.4. The molecule has 2 rings (SSSR count). The number of allylic oxidation sites excluding steroid dienone is 2. The Morgan fingerprint density at radius 3 is 2.11 bits per heavy atom. The Labute approximate surface area is 199 Å². The van der Waals surface area contributed by atoms with E-state index in [4.69, 9.17) is 69.6 Å². The van der Waals surface area contributed by atoms with Crippen molar-refractivity contribution >= 4 is 75.5 Å². The SMILES string of the molecule is CCCN(C)C(=O)CCCCCCCC[C@H]1C[C@@]2(Cl)C(Cl)=C(Cl)[C@]1(Cl)C2(Cl)Cl. The lowest BCUT2D eigenvalue weighted by Gasteiger charge is -2.33. The van der Waals surface area contributed by atoms with Gasteiger partial charge in [0.1, 0.15) is 9.75 Å². The van der Waals surface area contributed by atoms with Crippen LogP contribution in [0.5, 0.6) is 0 Å². The molecule has 0 heterocycles. The second-order valence-electron chi connectivity index (χ2n) is 8.09. The Morgan fingerprint density at radius 2 is 1.57 bits per heavy atom. The van der Waals surface area contributed by atoms with Gasteiger partial charge >= 0.3 is 0 Å². The Hall–Kier alpha value is 0.950. The Kier molecular flexibility index (Phi) is 9.05. The highest BCUT2D eigenvalue weighted by Gasteiger charge is 2.77. The third-order valence-electron chi connectivity index (χ3n) is 6.08. The van der Waals surface area contributed by atoms with Crippen LogP contribution >= 0.6 is 69.6 Å². The molecule has 3 atom stereocenters. The predicted molar refractivity (Wildman–Crippen MR) is 123 cm³/mol. The summed E-state index contributed by atoms with van der Waals surface area (Å²) in [6.45, 7) is 2.92. The lowest BCUT2D eigenvalue weighted by Crippen LogP contribution is -2.44. The number of hydrogen-bond donors (Lipinski definition) is 0. The third kappa shape index (κ3) is 4.44. The normalized spacial score (nSPS) is 30.9. The molecule has 2 aliphatic rings. The van der Waals surface area contributed by atoms with E-state index in [0.29, 0.717) is 17.9 Å². The molecule has 2 aliphatic carbocycles. The van der Waals surface area contributed by atoms with Gasteiger partial charge < -0.3 is 4.90 Å². The highest BCUT2D eigenvalue weighted by molar-refractivity contribution is 6.65. The van der Waals surface area contributed by atoms with E-state index in [1.807, 2.05) is 11.9 Å². The monoisotopic (exact) mass is 509 g/mol. The first-order chi connectivity index (χ1) is 13.0. The second kappa shape index (κ2) is 10.0. The molecule has 0 unspecified atom stereocenters. The molecule has 1 amide bonds. The summed E-state index contributed by atoms with van der Waals surface area (Å²) in [5.74, 6) is 0.248. The number of nitrogens with zero attached hydrogens (tertiary/aromatic N) is 1. The first-order valence-electron chi connectivity index (χ1n) is 10.1. The van der Waals surface area contributed by atoms with Crippen molar-refractivity contribution in [3.63, 3.8) is 0 Å². The number of carbonyl (C=O) groups excluding carboxylic acids is 1. The summed E-state index contributed by atoms with van der Waals surface area (Å²) in [5, 5.41) is 0.580.